The van der Waals surface area contributed by atoms with Crippen LogP contribution >= 0.6 is 0 Å². The highest BCUT2D eigenvalue weighted by atomic mass is 19.1. The van der Waals surface area contributed by atoms with Gasteiger partial charge in [0.15, 0.2) is 0 Å². The molecule has 1 aliphatic heterocycles. The molecule has 1 amide bonds. The van der Waals surface area contributed by atoms with Gasteiger partial charge in [0.2, 0.25) is 5.56 Å². The van der Waals surface area contributed by atoms with E-state index >= 15 is 0 Å². The van der Waals surface area contributed by atoms with Crippen molar-refractivity contribution < 1.29 is 13.6 Å². The van der Waals surface area contributed by atoms with E-state index < -0.39 is 5.82 Å². The zero-order valence-electron chi connectivity index (χ0n) is 16.9. The molecular formula is C23H21F2N3O2. The number of aromatic nitrogens is 1. The molecule has 2 aromatic carbocycles. The smallest absolute Gasteiger partial charge is 0.262 e. The first-order valence-electron chi connectivity index (χ1n) is 9.64. The van der Waals surface area contributed by atoms with Gasteiger partial charge in [-0.05, 0) is 60.9 Å². The summed E-state index contributed by atoms with van der Waals surface area (Å²) in [6.45, 7) is 5.76. The maximum Gasteiger partial charge on any atom is 0.262 e. The summed E-state index contributed by atoms with van der Waals surface area (Å²) in [5.74, 6) is -1.21. The highest BCUT2D eigenvalue weighted by molar-refractivity contribution is 6.12. The summed E-state index contributed by atoms with van der Waals surface area (Å²) in [6, 6.07) is 11.5. The molecule has 0 saturated carbocycles. The zero-order valence-corrected chi connectivity index (χ0v) is 16.9. The number of carbonyl (C=O) groups excluding carboxylic acids is 1. The predicted octanol–water partition coefficient (Wildman–Crippen LogP) is 4.84. The summed E-state index contributed by atoms with van der Waals surface area (Å²) >= 11 is 0. The first-order chi connectivity index (χ1) is 14.3. The van der Waals surface area contributed by atoms with E-state index in [4.69, 9.17) is 0 Å². The Morgan fingerprint density at radius 2 is 1.50 bits per heavy atom. The maximum atomic E-state index is 14.0. The molecule has 1 aromatic heterocycles. The number of aryl methyl sites for hydroxylation is 1. The quantitative estimate of drug-likeness (QED) is 0.673. The third-order valence-electron chi connectivity index (χ3n) is 5.29. The fourth-order valence-corrected chi connectivity index (χ4v) is 3.83. The topological polar surface area (TPSA) is 56.4 Å². The first-order valence-corrected chi connectivity index (χ1v) is 9.64. The summed E-state index contributed by atoms with van der Waals surface area (Å²) < 4.78 is 28.0. The number of halogens is 2. The van der Waals surface area contributed by atoms with E-state index in [0.29, 0.717) is 17.1 Å². The van der Waals surface area contributed by atoms with Crippen LogP contribution in [0.4, 0.5) is 25.8 Å². The van der Waals surface area contributed by atoms with Crippen LogP contribution in [0.5, 0.6) is 0 Å². The molecule has 0 spiro atoms. The van der Waals surface area contributed by atoms with Crippen molar-refractivity contribution in [3.8, 4) is 0 Å². The van der Waals surface area contributed by atoms with Gasteiger partial charge < -0.3 is 9.88 Å². The second-order valence-electron chi connectivity index (χ2n) is 7.65. The molecule has 0 radical (unpaired) electrons. The molecule has 3 aromatic rings. The van der Waals surface area contributed by atoms with E-state index in [9.17, 15) is 18.4 Å². The van der Waals surface area contributed by atoms with E-state index in [-0.39, 0.29) is 35.4 Å². The predicted molar refractivity (Wildman–Crippen MR) is 113 cm³/mol. The fourth-order valence-electron chi connectivity index (χ4n) is 3.83. The fraction of sp³-hybridized carbons (Fsp3) is 0.217. The van der Waals surface area contributed by atoms with E-state index in [1.807, 2.05) is 18.7 Å². The van der Waals surface area contributed by atoms with Gasteiger partial charge in [-0.1, -0.05) is 13.8 Å². The van der Waals surface area contributed by atoms with Crippen molar-refractivity contribution in [1.29, 1.82) is 0 Å². The van der Waals surface area contributed by atoms with Crippen LogP contribution in [-0.2, 0) is 0 Å². The molecule has 1 aliphatic rings. The van der Waals surface area contributed by atoms with Crippen molar-refractivity contribution in [3.05, 3.63) is 87.3 Å². The molecule has 0 fully saturated rings. The normalized spacial score (nSPS) is 13.7. The van der Waals surface area contributed by atoms with Crippen molar-refractivity contribution in [2.75, 3.05) is 16.5 Å². The average Bonchev–Trinajstić information content (AvgIpc) is 2.69. The Kier molecular flexibility index (Phi) is 4.89. The lowest BCUT2D eigenvalue weighted by Gasteiger charge is -2.39. The average molecular weight is 409 g/mol. The number of carbonyl (C=O) groups is 1. The SMILES string of the molecule is Cc1[nH]c(=O)ccc1N1CN(c2ccc(F)cc2C(C)C)c2ccc(F)cc2C1=O. The van der Waals surface area contributed by atoms with Crippen molar-refractivity contribution in [2.45, 2.75) is 26.7 Å². The summed E-state index contributed by atoms with van der Waals surface area (Å²) in [5, 5.41) is 0. The van der Waals surface area contributed by atoms with Gasteiger partial charge in [0.1, 0.15) is 18.3 Å². The third kappa shape index (κ3) is 3.36. The molecule has 0 bridgehead atoms. The molecule has 0 unspecified atom stereocenters. The molecule has 30 heavy (non-hydrogen) atoms. The lowest BCUT2D eigenvalue weighted by Crippen LogP contribution is -2.45. The second kappa shape index (κ2) is 7.40. The number of anilines is 3. The number of benzene rings is 2. The van der Waals surface area contributed by atoms with Crippen LogP contribution in [0.25, 0.3) is 0 Å². The van der Waals surface area contributed by atoms with Crippen LogP contribution in [0.2, 0.25) is 0 Å². The second-order valence-corrected chi connectivity index (χ2v) is 7.65. The Balaban J connectivity index is 1.92. The number of pyridine rings is 1. The van der Waals surface area contributed by atoms with Crippen LogP contribution in [0.1, 0.15) is 41.4 Å². The minimum absolute atomic E-state index is 0.0282. The van der Waals surface area contributed by atoms with Gasteiger partial charge in [-0.25, -0.2) is 8.78 Å². The lowest BCUT2D eigenvalue weighted by molar-refractivity contribution is 0.0983. The highest BCUT2D eigenvalue weighted by Gasteiger charge is 2.33. The molecule has 7 heteroatoms. The Morgan fingerprint density at radius 3 is 2.17 bits per heavy atom. The van der Waals surface area contributed by atoms with Gasteiger partial charge in [-0.3, -0.25) is 14.5 Å². The molecular weight excluding hydrogens is 388 g/mol. The molecule has 4 rings (SSSR count). The number of H-pyrrole nitrogens is 1. The Bertz CT molecular complexity index is 1200. The summed E-state index contributed by atoms with van der Waals surface area (Å²) in [4.78, 5) is 30.9. The van der Waals surface area contributed by atoms with E-state index in [1.54, 1.807) is 25.1 Å². The minimum atomic E-state index is -0.523. The van der Waals surface area contributed by atoms with E-state index in [0.717, 1.165) is 11.3 Å². The van der Waals surface area contributed by atoms with Crippen LogP contribution in [0.3, 0.4) is 0 Å². The van der Waals surface area contributed by atoms with Gasteiger partial charge in [0.25, 0.3) is 5.91 Å². The maximum absolute atomic E-state index is 14.0. The molecule has 0 aliphatic carbocycles. The largest absolute Gasteiger partial charge is 0.324 e. The molecule has 0 saturated heterocycles. The number of aromatic amines is 1. The van der Waals surface area contributed by atoms with Crippen LogP contribution < -0.4 is 15.4 Å². The Morgan fingerprint density at radius 1 is 0.867 bits per heavy atom. The van der Waals surface area contributed by atoms with Gasteiger partial charge in [0.05, 0.1) is 16.9 Å². The molecule has 154 valence electrons. The van der Waals surface area contributed by atoms with Crippen molar-refractivity contribution in [3.63, 3.8) is 0 Å². The van der Waals surface area contributed by atoms with E-state index in [2.05, 4.69) is 4.98 Å². The van der Waals surface area contributed by atoms with Crippen LogP contribution in [0, 0.1) is 18.6 Å². The number of hydrogen-bond acceptors (Lipinski definition) is 3. The molecule has 5 nitrogen and oxygen atoms in total. The summed E-state index contributed by atoms with van der Waals surface area (Å²) in [6.07, 6.45) is 0. The number of hydrogen-bond donors (Lipinski definition) is 1. The zero-order chi connectivity index (χ0) is 21.6. The van der Waals surface area contributed by atoms with Crippen molar-refractivity contribution in [2.24, 2.45) is 0 Å². The molecule has 0 atom stereocenters. The number of nitrogens with zero attached hydrogens (tertiary/aromatic N) is 2. The number of fused-ring (bicyclic) bond motifs is 1. The first kappa shape index (κ1) is 19.8. The van der Waals surface area contributed by atoms with Gasteiger partial charge in [0, 0.05) is 17.4 Å². The summed E-state index contributed by atoms with van der Waals surface area (Å²) in [7, 11) is 0. The lowest BCUT2D eigenvalue weighted by atomic mass is 9.98. The van der Waals surface area contributed by atoms with Crippen LogP contribution in [-0.4, -0.2) is 17.6 Å². The van der Waals surface area contributed by atoms with E-state index in [1.165, 1.54) is 35.2 Å². The molecule has 1 N–H and O–H groups in total. The molecule has 2 heterocycles. The van der Waals surface area contributed by atoms with Gasteiger partial charge >= 0.3 is 0 Å². The summed E-state index contributed by atoms with van der Waals surface area (Å²) in [5.41, 5.74) is 3.03. The van der Waals surface area contributed by atoms with Crippen molar-refractivity contribution >= 4 is 23.0 Å². The van der Waals surface area contributed by atoms with Gasteiger partial charge in [-0.2, -0.15) is 0 Å². The number of amides is 1. The minimum Gasteiger partial charge on any atom is -0.324 e. The number of rotatable bonds is 3. The highest BCUT2D eigenvalue weighted by Crippen LogP contribution is 2.39. The third-order valence-corrected chi connectivity index (χ3v) is 5.29. The monoisotopic (exact) mass is 409 g/mol. The van der Waals surface area contributed by atoms with Gasteiger partial charge in [-0.15, -0.1) is 0 Å². The Hall–Kier alpha value is -3.48. The standard InChI is InChI=1S/C23H21F2N3O2/c1-13(2)17-10-15(24)4-6-20(17)27-12-28(19-8-9-22(29)26-14(19)3)23(30)18-11-16(25)5-7-21(18)27/h4-11,13H,12H2,1-3H3,(H,26,29). The Labute approximate surface area is 172 Å². The van der Waals surface area contributed by atoms with Crippen LogP contribution in [0.15, 0.2) is 53.3 Å². The van der Waals surface area contributed by atoms with Crippen molar-refractivity contribution in [1.82, 2.24) is 4.98 Å². The number of nitrogens with one attached hydrogen (secondary N) is 1.